The Balaban J connectivity index is 2.16. The summed E-state index contributed by atoms with van der Waals surface area (Å²) in [6, 6.07) is 8.55. The molecule has 0 spiro atoms. The summed E-state index contributed by atoms with van der Waals surface area (Å²) in [4.78, 5) is 0. The minimum atomic E-state index is 0.268. The van der Waals surface area contributed by atoms with Crippen LogP contribution in [0.5, 0.6) is 0 Å². The van der Waals surface area contributed by atoms with Gasteiger partial charge in [-0.15, -0.1) is 0 Å². The number of rotatable bonds is 2. The van der Waals surface area contributed by atoms with Crippen LogP contribution in [0.1, 0.15) is 11.6 Å². The SMILES string of the molecule is OCC1CNC1c1cccc(Br)c1. The number of benzene rings is 1. The van der Waals surface area contributed by atoms with Crippen molar-refractivity contribution in [3.8, 4) is 0 Å². The fourth-order valence-electron chi connectivity index (χ4n) is 1.66. The largest absolute Gasteiger partial charge is 0.396 e. The Morgan fingerprint density at radius 1 is 1.54 bits per heavy atom. The molecule has 2 nitrogen and oxygen atoms in total. The molecular weight excluding hydrogens is 230 g/mol. The van der Waals surface area contributed by atoms with E-state index in [-0.39, 0.29) is 6.61 Å². The number of halogens is 1. The van der Waals surface area contributed by atoms with Crippen molar-refractivity contribution in [3.63, 3.8) is 0 Å². The van der Waals surface area contributed by atoms with Crippen LogP contribution in [0.25, 0.3) is 0 Å². The molecule has 1 fully saturated rings. The molecule has 1 aromatic carbocycles. The van der Waals surface area contributed by atoms with Gasteiger partial charge in [0.05, 0.1) is 0 Å². The van der Waals surface area contributed by atoms with Crippen LogP contribution < -0.4 is 5.32 Å². The van der Waals surface area contributed by atoms with Gasteiger partial charge in [-0.2, -0.15) is 0 Å². The fourth-order valence-corrected chi connectivity index (χ4v) is 2.08. The van der Waals surface area contributed by atoms with Crippen LogP contribution in [0.4, 0.5) is 0 Å². The van der Waals surface area contributed by atoms with E-state index in [1.807, 2.05) is 12.1 Å². The minimum Gasteiger partial charge on any atom is -0.396 e. The Kier molecular flexibility index (Phi) is 2.67. The van der Waals surface area contributed by atoms with Gasteiger partial charge < -0.3 is 10.4 Å². The van der Waals surface area contributed by atoms with Crippen LogP contribution in [0.15, 0.2) is 28.7 Å². The predicted molar refractivity (Wildman–Crippen MR) is 55.5 cm³/mol. The molecule has 2 rings (SSSR count). The fraction of sp³-hybridized carbons (Fsp3) is 0.400. The van der Waals surface area contributed by atoms with Gasteiger partial charge in [0.15, 0.2) is 0 Å². The van der Waals surface area contributed by atoms with Crippen LogP contribution in [-0.4, -0.2) is 18.3 Å². The Bertz CT molecular complexity index is 301. The van der Waals surface area contributed by atoms with Crippen LogP contribution in [-0.2, 0) is 0 Å². The lowest BCUT2D eigenvalue weighted by Crippen LogP contribution is -2.47. The molecule has 0 radical (unpaired) electrons. The molecule has 1 heterocycles. The van der Waals surface area contributed by atoms with E-state index in [4.69, 9.17) is 5.11 Å². The maximum atomic E-state index is 9.04. The highest BCUT2D eigenvalue weighted by atomic mass is 79.9. The predicted octanol–water partition coefficient (Wildman–Crippen LogP) is 1.70. The molecule has 2 N–H and O–H groups in total. The Morgan fingerprint density at radius 3 is 2.92 bits per heavy atom. The van der Waals surface area contributed by atoms with E-state index in [2.05, 4.69) is 33.4 Å². The molecule has 0 amide bonds. The molecule has 0 bridgehead atoms. The summed E-state index contributed by atoms with van der Waals surface area (Å²) in [5.74, 6) is 0.384. The lowest BCUT2D eigenvalue weighted by molar-refractivity contribution is 0.128. The third kappa shape index (κ3) is 1.77. The average molecular weight is 242 g/mol. The van der Waals surface area contributed by atoms with E-state index >= 15 is 0 Å². The standard InChI is InChI=1S/C10H12BrNO/c11-9-3-1-2-7(4-9)10-8(6-13)5-12-10/h1-4,8,10,12-13H,5-6H2. The molecule has 2 atom stereocenters. The molecule has 0 aromatic heterocycles. The first kappa shape index (κ1) is 9.19. The zero-order valence-electron chi connectivity index (χ0n) is 7.20. The number of hydrogen-bond donors (Lipinski definition) is 2. The van der Waals surface area contributed by atoms with Gasteiger partial charge in [-0.1, -0.05) is 28.1 Å². The van der Waals surface area contributed by atoms with E-state index in [1.54, 1.807) is 0 Å². The summed E-state index contributed by atoms with van der Waals surface area (Å²) in [5.41, 5.74) is 1.25. The molecule has 13 heavy (non-hydrogen) atoms. The van der Waals surface area contributed by atoms with E-state index < -0.39 is 0 Å². The monoisotopic (exact) mass is 241 g/mol. The molecule has 1 aliphatic rings. The van der Waals surface area contributed by atoms with Crippen molar-refractivity contribution in [3.05, 3.63) is 34.3 Å². The third-order valence-corrected chi connectivity index (χ3v) is 3.01. The first-order valence-electron chi connectivity index (χ1n) is 4.41. The van der Waals surface area contributed by atoms with Gasteiger partial charge in [-0.3, -0.25) is 0 Å². The van der Waals surface area contributed by atoms with Crippen molar-refractivity contribution in [1.29, 1.82) is 0 Å². The molecule has 3 heteroatoms. The second-order valence-electron chi connectivity index (χ2n) is 3.38. The van der Waals surface area contributed by atoms with E-state index in [1.165, 1.54) is 5.56 Å². The number of hydrogen-bond acceptors (Lipinski definition) is 2. The third-order valence-electron chi connectivity index (χ3n) is 2.51. The zero-order valence-corrected chi connectivity index (χ0v) is 8.79. The van der Waals surface area contributed by atoms with Crippen LogP contribution >= 0.6 is 15.9 Å². The van der Waals surface area contributed by atoms with Crippen molar-refractivity contribution in [2.75, 3.05) is 13.2 Å². The highest BCUT2D eigenvalue weighted by Crippen LogP contribution is 2.29. The molecule has 1 saturated heterocycles. The Hall–Kier alpha value is -0.380. The first-order valence-corrected chi connectivity index (χ1v) is 5.20. The van der Waals surface area contributed by atoms with Gasteiger partial charge >= 0.3 is 0 Å². The van der Waals surface area contributed by atoms with E-state index in [9.17, 15) is 0 Å². The molecular formula is C10H12BrNO. The second kappa shape index (κ2) is 3.78. The smallest absolute Gasteiger partial charge is 0.0489 e. The van der Waals surface area contributed by atoms with Gasteiger partial charge in [-0.25, -0.2) is 0 Å². The van der Waals surface area contributed by atoms with Crippen molar-refractivity contribution in [2.45, 2.75) is 6.04 Å². The summed E-state index contributed by atoms with van der Waals surface area (Å²) in [6.07, 6.45) is 0. The van der Waals surface area contributed by atoms with Crippen molar-refractivity contribution >= 4 is 15.9 Å². The van der Waals surface area contributed by atoms with Crippen molar-refractivity contribution < 1.29 is 5.11 Å². The average Bonchev–Trinajstić information content (AvgIpc) is 2.03. The molecule has 70 valence electrons. The maximum absolute atomic E-state index is 9.04. The summed E-state index contributed by atoms with van der Waals surface area (Å²) < 4.78 is 1.09. The Labute approximate surface area is 86.1 Å². The van der Waals surface area contributed by atoms with Crippen molar-refractivity contribution in [1.82, 2.24) is 5.32 Å². The number of nitrogens with one attached hydrogen (secondary N) is 1. The van der Waals surface area contributed by atoms with Gasteiger partial charge in [-0.05, 0) is 17.7 Å². The van der Waals surface area contributed by atoms with Gasteiger partial charge in [0, 0.05) is 29.6 Å². The van der Waals surface area contributed by atoms with Crippen LogP contribution in [0, 0.1) is 5.92 Å². The zero-order chi connectivity index (χ0) is 9.26. The number of aliphatic hydroxyl groups is 1. The topological polar surface area (TPSA) is 32.3 Å². The normalized spacial score (nSPS) is 26.9. The highest BCUT2D eigenvalue weighted by Gasteiger charge is 2.30. The maximum Gasteiger partial charge on any atom is 0.0489 e. The summed E-state index contributed by atoms with van der Waals surface area (Å²) >= 11 is 3.44. The van der Waals surface area contributed by atoms with Crippen LogP contribution in [0.3, 0.4) is 0 Å². The number of aliphatic hydroxyl groups excluding tert-OH is 1. The Morgan fingerprint density at radius 2 is 2.38 bits per heavy atom. The first-order chi connectivity index (χ1) is 6.31. The molecule has 2 unspecified atom stereocenters. The molecule has 0 aliphatic carbocycles. The quantitative estimate of drug-likeness (QED) is 0.827. The molecule has 1 aliphatic heterocycles. The van der Waals surface area contributed by atoms with Gasteiger partial charge in [0.1, 0.15) is 0 Å². The summed E-state index contributed by atoms with van der Waals surface area (Å²) in [5, 5.41) is 12.3. The second-order valence-corrected chi connectivity index (χ2v) is 4.30. The van der Waals surface area contributed by atoms with E-state index in [0.29, 0.717) is 12.0 Å². The highest BCUT2D eigenvalue weighted by molar-refractivity contribution is 9.10. The summed E-state index contributed by atoms with van der Waals surface area (Å²) in [7, 11) is 0. The lowest BCUT2D eigenvalue weighted by Gasteiger charge is -2.37. The lowest BCUT2D eigenvalue weighted by atomic mass is 9.87. The summed E-state index contributed by atoms with van der Waals surface area (Å²) in [6.45, 7) is 1.19. The van der Waals surface area contributed by atoms with E-state index in [0.717, 1.165) is 11.0 Å². The van der Waals surface area contributed by atoms with Crippen molar-refractivity contribution in [2.24, 2.45) is 5.92 Å². The molecule has 1 aromatic rings. The van der Waals surface area contributed by atoms with Crippen LogP contribution in [0.2, 0.25) is 0 Å². The van der Waals surface area contributed by atoms with Gasteiger partial charge in [0.2, 0.25) is 0 Å². The van der Waals surface area contributed by atoms with Gasteiger partial charge in [0.25, 0.3) is 0 Å². The molecule has 0 saturated carbocycles. The minimum absolute atomic E-state index is 0.268.